The number of nitrogens with one attached hydrogen (secondary N) is 1. The predicted molar refractivity (Wildman–Crippen MR) is 121 cm³/mol. The summed E-state index contributed by atoms with van der Waals surface area (Å²) in [5.74, 6) is 0. The molecule has 0 aliphatic carbocycles. The van der Waals surface area contributed by atoms with Crippen molar-refractivity contribution >= 4 is 39.2 Å². The Morgan fingerprint density at radius 1 is 1.50 bits per heavy atom. The Bertz CT molecular complexity index is 871. The van der Waals surface area contributed by atoms with Crippen molar-refractivity contribution in [1.29, 1.82) is 0 Å². The monoisotopic (exact) mass is 445 g/mol. The molecule has 150 valence electrons. The Balaban J connectivity index is 1.95. The van der Waals surface area contributed by atoms with Crippen LogP contribution in [0.15, 0.2) is 52.4 Å². The summed E-state index contributed by atoms with van der Waals surface area (Å²) in [5, 5.41) is 13.0. The topological polar surface area (TPSA) is 65.2 Å². The van der Waals surface area contributed by atoms with Gasteiger partial charge in [-0.2, -0.15) is 0 Å². The minimum atomic E-state index is 0.218. The van der Waals surface area contributed by atoms with E-state index in [1.54, 1.807) is 13.1 Å². The summed E-state index contributed by atoms with van der Waals surface area (Å²) < 4.78 is 2.98. The first-order valence-corrected chi connectivity index (χ1v) is 10.5. The average Bonchev–Trinajstić information content (AvgIpc) is 3.08. The molecule has 6 nitrogen and oxygen atoms in total. The number of rotatable bonds is 8. The highest BCUT2D eigenvalue weighted by Gasteiger charge is 2.23. The number of aliphatic imine (C=N–C) groups is 1. The SMILES string of the molecule is C=C/C=C(\C=NC)CNc1cc(N2CCCCC2CCO)cn2c(Br)cnc12. The largest absolute Gasteiger partial charge is 0.396 e. The van der Waals surface area contributed by atoms with E-state index in [1.807, 2.05) is 18.5 Å². The van der Waals surface area contributed by atoms with Crippen molar-refractivity contribution in [3.8, 4) is 0 Å². The average molecular weight is 446 g/mol. The van der Waals surface area contributed by atoms with Crippen molar-refractivity contribution in [2.24, 2.45) is 4.99 Å². The van der Waals surface area contributed by atoms with Gasteiger partial charge in [-0.1, -0.05) is 18.7 Å². The van der Waals surface area contributed by atoms with Gasteiger partial charge in [-0.05, 0) is 53.3 Å². The molecule has 3 heterocycles. The normalized spacial score (nSPS) is 18.2. The lowest BCUT2D eigenvalue weighted by Gasteiger charge is -2.37. The van der Waals surface area contributed by atoms with Crippen molar-refractivity contribution in [3.05, 3.63) is 47.4 Å². The Morgan fingerprint density at radius 2 is 2.36 bits per heavy atom. The number of piperidine rings is 1. The zero-order chi connectivity index (χ0) is 19.9. The van der Waals surface area contributed by atoms with Gasteiger partial charge in [0, 0.05) is 45.2 Å². The van der Waals surface area contributed by atoms with Gasteiger partial charge in [0.25, 0.3) is 0 Å². The van der Waals surface area contributed by atoms with E-state index in [9.17, 15) is 5.11 Å². The van der Waals surface area contributed by atoms with Gasteiger partial charge < -0.3 is 15.3 Å². The quantitative estimate of drug-likeness (QED) is 0.474. The van der Waals surface area contributed by atoms with Crippen molar-refractivity contribution in [1.82, 2.24) is 9.38 Å². The molecule has 1 unspecified atom stereocenters. The lowest BCUT2D eigenvalue weighted by atomic mass is 9.99. The third-order valence-electron chi connectivity index (χ3n) is 5.08. The number of anilines is 2. The molecule has 7 heteroatoms. The van der Waals surface area contributed by atoms with Gasteiger partial charge in [0.1, 0.15) is 4.60 Å². The van der Waals surface area contributed by atoms with Crippen LogP contribution < -0.4 is 10.2 Å². The van der Waals surface area contributed by atoms with Gasteiger partial charge in [0.05, 0.1) is 17.6 Å². The van der Waals surface area contributed by atoms with Crippen LogP contribution in [-0.2, 0) is 0 Å². The summed E-state index contributed by atoms with van der Waals surface area (Å²) in [5.41, 5.74) is 4.03. The second-order valence-electron chi connectivity index (χ2n) is 6.96. The van der Waals surface area contributed by atoms with E-state index in [-0.39, 0.29) is 6.61 Å². The first-order valence-electron chi connectivity index (χ1n) is 9.69. The third kappa shape index (κ3) is 4.64. The number of aliphatic hydroxyl groups excluding tert-OH is 1. The highest BCUT2D eigenvalue weighted by Crippen LogP contribution is 2.31. The van der Waals surface area contributed by atoms with Crippen LogP contribution in [0.1, 0.15) is 25.7 Å². The number of hydrogen-bond acceptors (Lipinski definition) is 5. The first kappa shape index (κ1) is 20.6. The lowest BCUT2D eigenvalue weighted by molar-refractivity contribution is 0.262. The van der Waals surface area contributed by atoms with Crippen LogP contribution in [0.5, 0.6) is 0 Å². The van der Waals surface area contributed by atoms with Crippen LogP contribution in [0.4, 0.5) is 11.4 Å². The molecule has 2 N–H and O–H groups in total. The van der Waals surface area contributed by atoms with Gasteiger partial charge in [-0.25, -0.2) is 4.98 Å². The van der Waals surface area contributed by atoms with E-state index in [2.05, 4.69) is 59.4 Å². The number of halogens is 1. The molecule has 0 radical (unpaired) electrons. The van der Waals surface area contributed by atoms with Gasteiger partial charge >= 0.3 is 0 Å². The number of pyridine rings is 1. The maximum absolute atomic E-state index is 9.48. The molecular weight excluding hydrogens is 418 g/mol. The maximum Gasteiger partial charge on any atom is 0.161 e. The minimum absolute atomic E-state index is 0.218. The van der Waals surface area contributed by atoms with Gasteiger partial charge in [0.2, 0.25) is 0 Å². The van der Waals surface area contributed by atoms with Crippen LogP contribution in [0.2, 0.25) is 0 Å². The first-order chi connectivity index (χ1) is 13.7. The molecule has 0 aromatic carbocycles. The molecule has 3 rings (SSSR count). The van der Waals surface area contributed by atoms with E-state index in [1.165, 1.54) is 12.8 Å². The third-order valence-corrected chi connectivity index (χ3v) is 5.66. The van der Waals surface area contributed by atoms with Crippen LogP contribution in [-0.4, -0.2) is 53.5 Å². The summed E-state index contributed by atoms with van der Waals surface area (Å²) in [6.07, 6.45) is 13.8. The fraction of sp³-hybridized carbons (Fsp3) is 0.429. The van der Waals surface area contributed by atoms with E-state index < -0.39 is 0 Å². The summed E-state index contributed by atoms with van der Waals surface area (Å²) in [6.45, 7) is 5.63. The molecule has 1 aliphatic rings. The van der Waals surface area contributed by atoms with E-state index in [0.29, 0.717) is 12.6 Å². The number of aromatic nitrogens is 2. The molecule has 0 bridgehead atoms. The number of hydrogen-bond donors (Lipinski definition) is 2. The molecule has 1 saturated heterocycles. The Morgan fingerprint density at radius 3 is 3.11 bits per heavy atom. The van der Waals surface area contributed by atoms with Crippen LogP contribution in [0.25, 0.3) is 5.65 Å². The Kier molecular flexibility index (Phi) is 7.28. The minimum Gasteiger partial charge on any atom is -0.396 e. The highest BCUT2D eigenvalue weighted by atomic mass is 79.9. The Labute approximate surface area is 174 Å². The number of aliphatic hydroxyl groups is 1. The van der Waals surface area contributed by atoms with Crippen molar-refractivity contribution in [2.75, 3.05) is 37.0 Å². The van der Waals surface area contributed by atoms with Gasteiger partial charge in [-0.3, -0.25) is 9.39 Å². The summed E-state index contributed by atoms with van der Waals surface area (Å²) in [7, 11) is 1.76. The second kappa shape index (κ2) is 9.89. The lowest BCUT2D eigenvalue weighted by Crippen LogP contribution is -2.40. The molecular formula is C21H28BrN5O. The number of allylic oxidation sites excluding steroid dienone is 2. The van der Waals surface area contributed by atoms with E-state index in [4.69, 9.17) is 0 Å². The highest BCUT2D eigenvalue weighted by molar-refractivity contribution is 9.10. The molecule has 1 fully saturated rings. The summed E-state index contributed by atoms with van der Waals surface area (Å²) >= 11 is 3.60. The molecule has 0 amide bonds. The van der Waals surface area contributed by atoms with Crippen LogP contribution in [0.3, 0.4) is 0 Å². The van der Waals surface area contributed by atoms with E-state index in [0.717, 1.165) is 46.6 Å². The van der Waals surface area contributed by atoms with Crippen molar-refractivity contribution in [2.45, 2.75) is 31.7 Å². The molecule has 2 aromatic rings. The standard InChI is InChI=1S/C21H28BrN5O/c1-3-6-16(12-23-2)13-24-19-11-18(15-27-20(22)14-25-21(19)27)26-9-5-4-7-17(26)8-10-28/h3,6,11-12,14-15,17,24,28H,1,4-5,7-10,13H2,2H3/b16-6+,23-12?. The van der Waals surface area contributed by atoms with Gasteiger partial charge in [0.15, 0.2) is 5.65 Å². The second-order valence-corrected chi connectivity index (χ2v) is 7.77. The van der Waals surface area contributed by atoms with Crippen LogP contribution >= 0.6 is 15.9 Å². The fourth-order valence-electron chi connectivity index (χ4n) is 3.78. The zero-order valence-corrected chi connectivity index (χ0v) is 17.9. The zero-order valence-electron chi connectivity index (χ0n) is 16.3. The number of imidazole rings is 1. The molecule has 28 heavy (non-hydrogen) atoms. The number of fused-ring (bicyclic) bond motifs is 1. The van der Waals surface area contributed by atoms with Crippen molar-refractivity contribution in [3.63, 3.8) is 0 Å². The molecule has 0 spiro atoms. The van der Waals surface area contributed by atoms with Crippen molar-refractivity contribution < 1.29 is 5.11 Å². The Hall–Kier alpha value is -2.12. The predicted octanol–water partition coefficient (Wildman–Crippen LogP) is 4.06. The summed E-state index contributed by atoms with van der Waals surface area (Å²) in [6, 6.07) is 2.54. The van der Waals surface area contributed by atoms with Crippen LogP contribution in [0, 0.1) is 0 Å². The maximum atomic E-state index is 9.48. The molecule has 1 aliphatic heterocycles. The molecule has 0 saturated carbocycles. The van der Waals surface area contributed by atoms with Gasteiger partial charge in [-0.15, -0.1) is 0 Å². The summed E-state index contributed by atoms with van der Waals surface area (Å²) in [4.78, 5) is 11.1. The fourth-order valence-corrected chi connectivity index (χ4v) is 4.16. The molecule has 2 aromatic heterocycles. The van der Waals surface area contributed by atoms with E-state index >= 15 is 0 Å². The number of nitrogens with zero attached hydrogens (tertiary/aromatic N) is 4. The molecule has 1 atom stereocenters. The smallest absolute Gasteiger partial charge is 0.161 e.